The zero-order valence-electron chi connectivity index (χ0n) is 12.9. The molecule has 1 aliphatic heterocycles. The minimum Gasteiger partial charge on any atom is -0.294 e. The second-order valence-electron chi connectivity index (χ2n) is 5.97. The molecule has 0 saturated heterocycles. The fourth-order valence-electron chi connectivity index (χ4n) is 3.24. The lowest BCUT2D eigenvalue weighted by Gasteiger charge is -2.27. The molecule has 1 atom stereocenters. The molecule has 1 aromatic carbocycles. The van der Waals surface area contributed by atoms with E-state index >= 15 is 0 Å². The van der Waals surface area contributed by atoms with E-state index in [1.807, 2.05) is 0 Å². The lowest BCUT2D eigenvalue weighted by atomic mass is 10.1. The van der Waals surface area contributed by atoms with Crippen molar-refractivity contribution in [2.45, 2.75) is 32.9 Å². The Hall–Kier alpha value is -1.79. The molecule has 0 saturated carbocycles. The first-order valence-electron chi connectivity index (χ1n) is 7.70. The van der Waals surface area contributed by atoms with Gasteiger partial charge < -0.3 is 0 Å². The van der Waals surface area contributed by atoms with Crippen LogP contribution in [-0.4, -0.2) is 36.5 Å². The van der Waals surface area contributed by atoms with Crippen LogP contribution in [0.25, 0.3) is 11.0 Å². The Morgan fingerprint density at radius 3 is 2.86 bits per heavy atom. The SMILES string of the molecule is Cc1cc2n(n1)CCN(C(C)c1ccc3nsnc3c1)CC2. The van der Waals surface area contributed by atoms with Crippen molar-refractivity contribution in [1.29, 1.82) is 0 Å². The number of rotatable bonds is 2. The van der Waals surface area contributed by atoms with E-state index < -0.39 is 0 Å². The van der Waals surface area contributed by atoms with Crippen molar-refractivity contribution in [2.24, 2.45) is 0 Å². The van der Waals surface area contributed by atoms with Crippen LogP contribution in [0.2, 0.25) is 0 Å². The average molecular weight is 313 g/mol. The highest BCUT2D eigenvalue weighted by atomic mass is 32.1. The molecule has 4 rings (SSSR count). The van der Waals surface area contributed by atoms with Crippen molar-refractivity contribution in [1.82, 2.24) is 23.4 Å². The number of benzene rings is 1. The normalized spacial score (nSPS) is 17.4. The minimum absolute atomic E-state index is 0.386. The number of fused-ring (bicyclic) bond motifs is 2. The zero-order chi connectivity index (χ0) is 15.1. The first-order chi connectivity index (χ1) is 10.7. The van der Waals surface area contributed by atoms with E-state index in [2.05, 4.69) is 61.5 Å². The van der Waals surface area contributed by atoms with E-state index in [9.17, 15) is 0 Å². The second kappa shape index (κ2) is 5.44. The number of hydrogen-bond acceptors (Lipinski definition) is 5. The van der Waals surface area contributed by atoms with Gasteiger partial charge >= 0.3 is 0 Å². The van der Waals surface area contributed by atoms with Crippen LogP contribution in [0.5, 0.6) is 0 Å². The molecule has 0 N–H and O–H groups in total. The van der Waals surface area contributed by atoms with Crippen molar-refractivity contribution in [3.05, 3.63) is 41.2 Å². The molecule has 0 aliphatic carbocycles. The van der Waals surface area contributed by atoms with Gasteiger partial charge in [-0.25, -0.2) is 0 Å². The molecule has 6 heteroatoms. The summed E-state index contributed by atoms with van der Waals surface area (Å²) in [6, 6.07) is 9.04. The quantitative estimate of drug-likeness (QED) is 0.730. The minimum atomic E-state index is 0.386. The predicted octanol–water partition coefficient (Wildman–Crippen LogP) is 2.82. The van der Waals surface area contributed by atoms with E-state index in [0.29, 0.717) is 6.04 Å². The molecule has 114 valence electrons. The molecule has 0 bridgehead atoms. The molecule has 5 nitrogen and oxygen atoms in total. The van der Waals surface area contributed by atoms with Crippen LogP contribution >= 0.6 is 11.7 Å². The molecular formula is C16H19N5S. The lowest BCUT2D eigenvalue weighted by Crippen LogP contribution is -2.30. The van der Waals surface area contributed by atoms with Crippen LogP contribution in [0, 0.1) is 6.92 Å². The standard InChI is InChI=1S/C16H19N5S/c1-11-9-14-5-6-20(7-8-21(14)17-11)12(2)13-3-4-15-16(10-13)19-22-18-15/h3-4,9-10,12H,5-8H2,1-2H3. The predicted molar refractivity (Wildman–Crippen MR) is 88.1 cm³/mol. The summed E-state index contributed by atoms with van der Waals surface area (Å²) in [6.45, 7) is 7.41. The van der Waals surface area contributed by atoms with Gasteiger partial charge in [0.2, 0.25) is 0 Å². The monoisotopic (exact) mass is 313 g/mol. The molecule has 0 spiro atoms. The molecule has 0 fully saturated rings. The van der Waals surface area contributed by atoms with E-state index in [1.165, 1.54) is 23.0 Å². The fourth-order valence-corrected chi connectivity index (χ4v) is 3.76. The smallest absolute Gasteiger partial charge is 0.105 e. The Balaban J connectivity index is 1.55. The van der Waals surface area contributed by atoms with E-state index in [0.717, 1.165) is 42.8 Å². The number of nitrogens with zero attached hydrogens (tertiary/aromatic N) is 5. The van der Waals surface area contributed by atoms with Crippen LogP contribution in [0.15, 0.2) is 24.3 Å². The first-order valence-corrected chi connectivity index (χ1v) is 8.43. The molecule has 3 heterocycles. The van der Waals surface area contributed by atoms with Crippen LogP contribution in [-0.2, 0) is 13.0 Å². The summed E-state index contributed by atoms with van der Waals surface area (Å²) in [5, 5.41) is 4.58. The van der Waals surface area contributed by atoms with Crippen LogP contribution in [0.3, 0.4) is 0 Å². The van der Waals surface area contributed by atoms with Crippen molar-refractivity contribution in [3.8, 4) is 0 Å². The van der Waals surface area contributed by atoms with E-state index in [4.69, 9.17) is 0 Å². The summed E-state index contributed by atoms with van der Waals surface area (Å²) in [6.07, 6.45) is 1.06. The van der Waals surface area contributed by atoms with Crippen LogP contribution in [0.4, 0.5) is 0 Å². The number of aromatic nitrogens is 4. The number of hydrogen-bond donors (Lipinski definition) is 0. The fraction of sp³-hybridized carbons (Fsp3) is 0.438. The molecular weight excluding hydrogens is 294 g/mol. The molecule has 1 unspecified atom stereocenters. The lowest BCUT2D eigenvalue weighted by molar-refractivity contribution is 0.213. The van der Waals surface area contributed by atoms with Gasteiger partial charge in [0.25, 0.3) is 0 Å². The Bertz CT molecular complexity index is 780. The van der Waals surface area contributed by atoms with Crippen LogP contribution < -0.4 is 0 Å². The van der Waals surface area contributed by atoms with Gasteiger partial charge in [-0.2, -0.15) is 13.8 Å². The van der Waals surface area contributed by atoms with E-state index in [-0.39, 0.29) is 0 Å². The van der Waals surface area contributed by atoms with Gasteiger partial charge in [-0.05, 0) is 37.6 Å². The molecule has 0 amide bonds. The molecule has 2 aromatic heterocycles. The summed E-state index contributed by atoms with van der Waals surface area (Å²) in [5.41, 5.74) is 5.79. The van der Waals surface area contributed by atoms with Gasteiger partial charge in [-0.15, -0.1) is 0 Å². The van der Waals surface area contributed by atoms with Crippen molar-refractivity contribution < 1.29 is 0 Å². The topological polar surface area (TPSA) is 46.8 Å². The summed E-state index contributed by atoms with van der Waals surface area (Å²) >= 11 is 1.28. The maximum absolute atomic E-state index is 4.58. The third kappa shape index (κ3) is 2.42. The Morgan fingerprint density at radius 1 is 1.09 bits per heavy atom. The average Bonchev–Trinajstić information content (AvgIpc) is 3.07. The molecule has 0 radical (unpaired) electrons. The van der Waals surface area contributed by atoms with Crippen LogP contribution in [0.1, 0.15) is 29.9 Å². The maximum Gasteiger partial charge on any atom is 0.105 e. The molecule has 22 heavy (non-hydrogen) atoms. The maximum atomic E-state index is 4.58. The van der Waals surface area contributed by atoms with Gasteiger partial charge in [-0.1, -0.05) is 6.07 Å². The van der Waals surface area contributed by atoms with E-state index in [1.54, 1.807) is 0 Å². The third-order valence-corrected chi connectivity index (χ3v) is 5.10. The van der Waals surface area contributed by atoms with Crippen molar-refractivity contribution >= 4 is 22.8 Å². The Kier molecular flexibility index (Phi) is 3.43. The van der Waals surface area contributed by atoms with Gasteiger partial charge in [0.1, 0.15) is 11.0 Å². The third-order valence-electron chi connectivity index (χ3n) is 4.55. The largest absolute Gasteiger partial charge is 0.294 e. The second-order valence-corrected chi connectivity index (χ2v) is 6.50. The van der Waals surface area contributed by atoms with Gasteiger partial charge in [0, 0.05) is 31.2 Å². The summed E-state index contributed by atoms with van der Waals surface area (Å²) in [4.78, 5) is 2.53. The Labute approximate surface area is 133 Å². The highest BCUT2D eigenvalue weighted by molar-refractivity contribution is 7.00. The first kappa shape index (κ1) is 13.8. The van der Waals surface area contributed by atoms with Gasteiger partial charge in [-0.3, -0.25) is 9.58 Å². The summed E-state index contributed by atoms with van der Waals surface area (Å²) in [5.74, 6) is 0. The number of aryl methyl sites for hydroxylation is 1. The molecule has 1 aliphatic rings. The highest BCUT2D eigenvalue weighted by Crippen LogP contribution is 2.25. The summed E-state index contributed by atoms with van der Waals surface area (Å²) in [7, 11) is 0. The Morgan fingerprint density at radius 2 is 1.95 bits per heavy atom. The summed E-state index contributed by atoms with van der Waals surface area (Å²) < 4.78 is 10.8. The highest BCUT2D eigenvalue weighted by Gasteiger charge is 2.20. The van der Waals surface area contributed by atoms with Crippen molar-refractivity contribution in [2.75, 3.05) is 13.1 Å². The van der Waals surface area contributed by atoms with Gasteiger partial charge in [0.15, 0.2) is 0 Å². The van der Waals surface area contributed by atoms with Gasteiger partial charge in [0.05, 0.1) is 24.0 Å². The molecule has 3 aromatic rings. The zero-order valence-corrected chi connectivity index (χ0v) is 13.7. The van der Waals surface area contributed by atoms with Crippen molar-refractivity contribution in [3.63, 3.8) is 0 Å².